The van der Waals surface area contributed by atoms with E-state index in [1.807, 2.05) is 0 Å². The molecule has 2 fully saturated rings. The Bertz CT molecular complexity index is 448. The van der Waals surface area contributed by atoms with Gasteiger partial charge in [0.15, 0.2) is 0 Å². The number of thiophene rings is 1. The van der Waals surface area contributed by atoms with E-state index in [9.17, 15) is 4.79 Å². The van der Waals surface area contributed by atoms with Crippen molar-refractivity contribution in [3.05, 3.63) is 21.3 Å². The van der Waals surface area contributed by atoms with Gasteiger partial charge in [-0.1, -0.05) is 18.0 Å². The molecule has 1 N–H and O–H groups in total. The van der Waals surface area contributed by atoms with Crippen LogP contribution in [0.2, 0.25) is 4.34 Å². The Hall–Kier alpha value is -0.580. The van der Waals surface area contributed by atoms with Crippen LogP contribution in [-0.2, 0) is 0 Å². The highest BCUT2D eigenvalue weighted by Gasteiger charge is 2.36. The molecule has 1 amide bonds. The summed E-state index contributed by atoms with van der Waals surface area (Å²) in [6.45, 7) is 2.32. The average Bonchev–Trinajstić information content (AvgIpc) is 2.97. The lowest BCUT2D eigenvalue weighted by atomic mass is 9.99. The normalized spacial score (nSPS) is 28.1. The van der Waals surface area contributed by atoms with E-state index in [1.165, 1.54) is 37.1 Å². The first-order valence-electron chi connectivity index (χ1n) is 6.54. The van der Waals surface area contributed by atoms with E-state index in [0.717, 1.165) is 13.0 Å². The number of hydrogen-bond acceptors (Lipinski definition) is 3. The summed E-state index contributed by atoms with van der Waals surface area (Å²) in [6, 6.07) is 4.45. The van der Waals surface area contributed by atoms with Gasteiger partial charge in [-0.3, -0.25) is 9.69 Å². The van der Waals surface area contributed by atoms with Crippen LogP contribution in [0.3, 0.4) is 0 Å². The van der Waals surface area contributed by atoms with Crippen molar-refractivity contribution < 1.29 is 4.79 Å². The highest BCUT2D eigenvalue weighted by Crippen LogP contribution is 2.28. The molecule has 2 atom stereocenters. The van der Waals surface area contributed by atoms with Gasteiger partial charge in [0.2, 0.25) is 0 Å². The van der Waals surface area contributed by atoms with Crippen molar-refractivity contribution >= 4 is 28.8 Å². The van der Waals surface area contributed by atoms with Crippen LogP contribution in [0.1, 0.15) is 35.4 Å². The predicted molar refractivity (Wildman–Crippen MR) is 74.4 cm³/mol. The SMILES string of the molecule is O=C(N[C@H]1CCN2CCCC[C@H]12)c1ccc(Cl)s1. The van der Waals surface area contributed by atoms with Gasteiger partial charge in [-0.25, -0.2) is 0 Å². The van der Waals surface area contributed by atoms with E-state index in [0.29, 0.717) is 21.3 Å². The van der Waals surface area contributed by atoms with Crippen LogP contribution >= 0.6 is 22.9 Å². The van der Waals surface area contributed by atoms with Gasteiger partial charge in [0.1, 0.15) is 0 Å². The molecule has 0 unspecified atom stereocenters. The maximum Gasteiger partial charge on any atom is 0.261 e. The third-order valence-electron chi connectivity index (χ3n) is 3.97. The molecule has 3 heterocycles. The number of nitrogens with zero attached hydrogens (tertiary/aromatic N) is 1. The van der Waals surface area contributed by atoms with Crippen molar-refractivity contribution in [2.75, 3.05) is 13.1 Å². The van der Waals surface area contributed by atoms with Crippen molar-refractivity contribution in [3.8, 4) is 0 Å². The largest absolute Gasteiger partial charge is 0.347 e. The molecule has 2 aliphatic rings. The van der Waals surface area contributed by atoms with Crippen LogP contribution in [0, 0.1) is 0 Å². The van der Waals surface area contributed by atoms with Gasteiger partial charge >= 0.3 is 0 Å². The number of carbonyl (C=O) groups is 1. The van der Waals surface area contributed by atoms with E-state index in [1.54, 1.807) is 12.1 Å². The van der Waals surface area contributed by atoms with Crippen molar-refractivity contribution in [3.63, 3.8) is 0 Å². The first kappa shape index (κ1) is 12.5. The molecule has 0 spiro atoms. The highest BCUT2D eigenvalue weighted by atomic mass is 35.5. The standard InChI is InChI=1S/C13H17ClN2OS/c14-12-5-4-11(18-12)13(17)15-9-6-8-16-7-2-1-3-10(9)16/h4-5,9-10H,1-3,6-8H2,(H,15,17)/t9-,10+/m0/s1. The topological polar surface area (TPSA) is 32.3 Å². The molecule has 0 bridgehead atoms. The van der Waals surface area contributed by atoms with E-state index >= 15 is 0 Å². The summed E-state index contributed by atoms with van der Waals surface area (Å²) in [5, 5.41) is 3.18. The van der Waals surface area contributed by atoms with Gasteiger partial charge < -0.3 is 5.32 Å². The molecular weight excluding hydrogens is 268 g/mol. The number of rotatable bonds is 2. The van der Waals surface area contributed by atoms with E-state index in [-0.39, 0.29) is 5.91 Å². The monoisotopic (exact) mass is 284 g/mol. The number of halogens is 1. The van der Waals surface area contributed by atoms with Crippen molar-refractivity contribution in [2.45, 2.75) is 37.8 Å². The number of nitrogens with one attached hydrogen (secondary N) is 1. The molecule has 98 valence electrons. The lowest BCUT2D eigenvalue weighted by Gasteiger charge is -2.32. The summed E-state index contributed by atoms with van der Waals surface area (Å²) in [5.74, 6) is 0.0318. The zero-order valence-electron chi connectivity index (χ0n) is 10.2. The zero-order chi connectivity index (χ0) is 12.5. The number of hydrogen-bond donors (Lipinski definition) is 1. The fourth-order valence-corrected chi connectivity index (χ4v) is 4.04. The maximum absolute atomic E-state index is 12.1. The van der Waals surface area contributed by atoms with Crippen LogP contribution in [0.4, 0.5) is 0 Å². The Morgan fingerprint density at radius 3 is 3.00 bits per heavy atom. The fraction of sp³-hybridized carbons (Fsp3) is 0.615. The molecular formula is C13H17ClN2OS. The molecule has 0 radical (unpaired) electrons. The summed E-state index contributed by atoms with van der Waals surface area (Å²) in [5.41, 5.74) is 0. The smallest absolute Gasteiger partial charge is 0.261 e. The first-order valence-corrected chi connectivity index (χ1v) is 7.74. The molecule has 3 rings (SSSR count). The maximum atomic E-state index is 12.1. The van der Waals surface area contributed by atoms with Gasteiger partial charge in [-0.15, -0.1) is 11.3 Å². The van der Waals surface area contributed by atoms with E-state index in [4.69, 9.17) is 11.6 Å². The minimum Gasteiger partial charge on any atom is -0.347 e. The molecule has 0 aliphatic carbocycles. The second-order valence-corrected chi connectivity index (χ2v) is 6.79. The van der Waals surface area contributed by atoms with E-state index < -0.39 is 0 Å². The predicted octanol–water partition coefficient (Wildman–Crippen LogP) is 2.76. The molecule has 1 aromatic heterocycles. The van der Waals surface area contributed by atoms with Crippen LogP contribution < -0.4 is 5.32 Å². The summed E-state index contributed by atoms with van der Waals surface area (Å²) in [6.07, 6.45) is 4.89. The third kappa shape index (κ3) is 2.42. The molecule has 5 heteroatoms. The minimum absolute atomic E-state index is 0.0318. The van der Waals surface area contributed by atoms with Crippen molar-refractivity contribution in [1.29, 1.82) is 0 Å². The van der Waals surface area contributed by atoms with Crippen LogP contribution in [0.5, 0.6) is 0 Å². The second kappa shape index (κ2) is 5.19. The van der Waals surface area contributed by atoms with Crippen LogP contribution in [0.15, 0.2) is 12.1 Å². The lowest BCUT2D eigenvalue weighted by Crippen LogP contribution is -2.46. The van der Waals surface area contributed by atoms with Gasteiger partial charge in [0.05, 0.1) is 9.21 Å². The zero-order valence-corrected chi connectivity index (χ0v) is 11.8. The summed E-state index contributed by atoms with van der Waals surface area (Å²) >= 11 is 7.21. The van der Waals surface area contributed by atoms with E-state index in [2.05, 4.69) is 10.2 Å². The van der Waals surface area contributed by atoms with Crippen molar-refractivity contribution in [2.24, 2.45) is 0 Å². The average molecular weight is 285 g/mol. The van der Waals surface area contributed by atoms with Crippen molar-refractivity contribution in [1.82, 2.24) is 10.2 Å². The number of fused-ring (bicyclic) bond motifs is 1. The van der Waals surface area contributed by atoms with Crippen LogP contribution in [-0.4, -0.2) is 36.0 Å². The first-order chi connectivity index (χ1) is 8.74. The Morgan fingerprint density at radius 2 is 2.22 bits per heavy atom. The molecule has 0 aromatic carbocycles. The second-order valence-electron chi connectivity index (χ2n) is 5.07. The van der Waals surface area contributed by atoms with Gasteiger partial charge in [-0.2, -0.15) is 0 Å². The number of piperidine rings is 1. The quantitative estimate of drug-likeness (QED) is 0.906. The lowest BCUT2D eigenvalue weighted by molar-refractivity contribution is 0.0919. The minimum atomic E-state index is 0.0318. The highest BCUT2D eigenvalue weighted by molar-refractivity contribution is 7.17. The molecule has 1 aromatic rings. The number of amides is 1. The van der Waals surface area contributed by atoms with Gasteiger partial charge in [0, 0.05) is 18.6 Å². The van der Waals surface area contributed by atoms with Crippen LogP contribution in [0.25, 0.3) is 0 Å². The molecule has 18 heavy (non-hydrogen) atoms. The third-order valence-corrected chi connectivity index (χ3v) is 5.20. The van der Waals surface area contributed by atoms with Gasteiger partial charge in [0.25, 0.3) is 5.91 Å². The molecule has 3 nitrogen and oxygen atoms in total. The molecule has 2 aliphatic heterocycles. The Labute approximate surface area is 116 Å². The number of carbonyl (C=O) groups excluding carboxylic acids is 1. The molecule has 2 saturated heterocycles. The Kier molecular flexibility index (Phi) is 3.59. The summed E-state index contributed by atoms with van der Waals surface area (Å²) in [4.78, 5) is 15.4. The fourth-order valence-electron chi connectivity index (χ4n) is 3.09. The summed E-state index contributed by atoms with van der Waals surface area (Å²) in [7, 11) is 0. The summed E-state index contributed by atoms with van der Waals surface area (Å²) < 4.78 is 0.672. The Balaban J connectivity index is 1.64. The molecule has 0 saturated carbocycles. The van der Waals surface area contributed by atoms with Gasteiger partial charge in [-0.05, 0) is 37.9 Å². The Morgan fingerprint density at radius 1 is 1.33 bits per heavy atom.